The van der Waals surface area contributed by atoms with Crippen LogP contribution >= 0.6 is 15.9 Å². The van der Waals surface area contributed by atoms with Crippen molar-refractivity contribution >= 4 is 15.9 Å². The van der Waals surface area contributed by atoms with Crippen LogP contribution in [0.15, 0.2) is 22.7 Å². The zero-order chi connectivity index (χ0) is 14.5. The topological polar surface area (TPSA) is 9.23 Å². The van der Waals surface area contributed by atoms with Gasteiger partial charge in [-0.2, -0.15) is 0 Å². The summed E-state index contributed by atoms with van der Waals surface area (Å²) in [6.07, 6.45) is 3.48. The summed E-state index contributed by atoms with van der Waals surface area (Å²) in [6, 6.07) is 6.56. The van der Waals surface area contributed by atoms with E-state index in [1.54, 1.807) is 0 Å². The molecule has 0 radical (unpaired) electrons. The predicted molar refractivity (Wildman–Crippen MR) is 87.0 cm³/mol. The highest BCUT2D eigenvalue weighted by molar-refractivity contribution is 9.10. The summed E-state index contributed by atoms with van der Waals surface area (Å²) in [7, 11) is 0. The molecule has 0 aliphatic carbocycles. The molecule has 108 valence electrons. The summed E-state index contributed by atoms with van der Waals surface area (Å²) in [5.41, 5.74) is 1.70. The molecule has 0 heterocycles. The Morgan fingerprint density at radius 1 is 1.16 bits per heavy atom. The molecule has 0 saturated heterocycles. The van der Waals surface area contributed by atoms with Crippen LogP contribution in [-0.4, -0.2) is 6.61 Å². The summed E-state index contributed by atoms with van der Waals surface area (Å²) in [5.74, 6) is 1.55. The lowest BCUT2D eigenvalue weighted by molar-refractivity contribution is 0.300. The van der Waals surface area contributed by atoms with Gasteiger partial charge < -0.3 is 4.74 Å². The van der Waals surface area contributed by atoms with Crippen LogP contribution in [0.25, 0.3) is 0 Å². The van der Waals surface area contributed by atoms with E-state index in [2.05, 4.69) is 68.7 Å². The summed E-state index contributed by atoms with van der Waals surface area (Å²) in [6.45, 7) is 12.1. The third kappa shape index (κ3) is 4.83. The first-order chi connectivity index (χ1) is 8.90. The summed E-state index contributed by atoms with van der Waals surface area (Å²) < 4.78 is 6.79. The molecule has 1 nitrogen and oxygen atoms in total. The van der Waals surface area contributed by atoms with Gasteiger partial charge in [0.25, 0.3) is 0 Å². The molecule has 2 heteroatoms. The molecule has 0 aliphatic heterocycles. The maximum atomic E-state index is 5.72. The van der Waals surface area contributed by atoms with Gasteiger partial charge in [-0.1, -0.05) is 47.1 Å². The van der Waals surface area contributed by atoms with Crippen molar-refractivity contribution in [1.29, 1.82) is 0 Å². The summed E-state index contributed by atoms with van der Waals surface area (Å²) in [5, 5.41) is 0. The molecular formula is C17H27BrO. The van der Waals surface area contributed by atoms with Crippen LogP contribution < -0.4 is 4.74 Å². The van der Waals surface area contributed by atoms with Gasteiger partial charge in [0.05, 0.1) is 11.1 Å². The van der Waals surface area contributed by atoms with Crippen LogP contribution in [0, 0.1) is 5.41 Å². The minimum Gasteiger partial charge on any atom is -0.492 e. The average Bonchev–Trinajstić information content (AvgIpc) is 2.33. The molecule has 0 bridgehead atoms. The van der Waals surface area contributed by atoms with Crippen LogP contribution in [0.2, 0.25) is 0 Å². The van der Waals surface area contributed by atoms with Crippen LogP contribution in [-0.2, 0) is 0 Å². The monoisotopic (exact) mass is 326 g/mol. The zero-order valence-electron chi connectivity index (χ0n) is 12.9. The number of rotatable bonds is 6. The Labute approximate surface area is 126 Å². The number of benzene rings is 1. The Kier molecular flexibility index (Phi) is 6.38. The van der Waals surface area contributed by atoms with E-state index in [9.17, 15) is 0 Å². The van der Waals surface area contributed by atoms with Gasteiger partial charge in [-0.25, -0.2) is 0 Å². The maximum absolute atomic E-state index is 5.72. The van der Waals surface area contributed by atoms with E-state index in [0.29, 0.717) is 11.3 Å². The first-order valence-corrected chi connectivity index (χ1v) is 8.11. The molecule has 0 aliphatic rings. The zero-order valence-corrected chi connectivity index (χ0v) is 14.5. The highest BCUT2D eigenvalue weighted by Crippen LogP contribution is 2.40. The quantitative estimate of drug-likeness (QED) is 0.607. The van der Waals surface area contributed by atoms with E-state index in [0.717, 1.165) is 23.2 Å². The maximum Gasteiger partial charge on any atom is 0.133 e. The van der Waals surface area contributed by atoms with E-state index in [4.69, 9.17) is 4.74 Å². The lowest BCUT2D eigenvalue weighted by Gasteiger charge is -2.31. The molecule has 19 heavy (non-hydrogen) atoms. The minimum atomic E-state index is 0.293. The first-order valence-electron chi connectivity index (χ1n) is 7.32. The fourth-order valence-electron chi connectivity index (χ4n) is 2.45. The SMILES string of the molecule is CCCOc1ccc(C(CCC)C(C)(C)C)cc1Br. The third-order valence-electron chi connectivity index (χ3n) is 3.44. The van der Waals surface area contributed by atoms with Crippen molar-refractivity contribution in [2.45, 2.75) is 59.8 Å². The van der Waals surface area contributed by atoms with Crippen molar-refractivity contribution in [2.24, 2.45) is 5.41 Å². The normalized spacial score (nSPS) is 13.4. The van der Waals surface area contributed by atoms with Crippen molar-refractivity contribution < 1.29 is 4.74 Å². The highest BCUT2D eigenvalue weighted by atomic mass is 79.9. The molecule has 0 fully saturated rings. The van der Waals surface area contributed by atoms with Gasteiger partial charge >= 0.3 is 0 Å². The van der Waals surface area contributed by atoms with Gasteiger partial charge in [0, 0.05) is 0 Å². The Balaban J connectivity index is 2.96. The van der Waals surface area contributed by atoms with Gasteiger partial charge in [-0.3, -0.25) is 0 Å². The van der Waals surface area contributed by atoms with E-state index in [-0.39, 0.29) is 0 Å². The fraction of sp³-hybridized carbons (Fsp3) is 0.647. The van der Waals surface area contributed by atoms with E-state index < -0.39 is 0 Å². The highest BCUT2D eigenvalue weighted by Gasteiger charge is 2.25. The molecule has 1 aromatic rings. The number of hydrogen-bond acceptors (Lipinski definition) is 1. The predicted octanol–water partition coefficient (Wildman–Crippen LogP) is 6.17. The molecule has 0 saturated carbocycles. The van der Waals surface area contributed by atoms with Crippen molar-refractivity contribution in [2.75, 3.05) is 6.61 Å². The van der Waals surface area contributed by atoms with Crippen LogP contribution in [0.3, 0.4) is 0 Å². The molecule has 0 aromatic heterocycles. The summed E-state index contributed by atoms with van der Waals surface area (Å²) >= 11 is 3.64. The smallest absolute Gasteiger partial charge is 0.133 e. The van der Waals surface area contributed by atoms with Crippen LogP contribution in [0.1, 0.15) is 65.4 Å². The van der Waals surface area contributed by atoms with Gasteiger partial charge in [-0.05, 0) is 57.8 Å². The van der Waals surface area contributed by atoms with Crippen molar-refractivity contribution in [3.63, 3.8) is 0 Å². The molecular weight excluding hydrogens is 300 g/mol. The number of hydrogen-bond donors (Lipinski definition) is 0. The van der Waals surface area contributed by atoms with E-state index in [1.165, 1.54) is 18.4 Å². The Morgan fingerprint density at radius 2 is 1.84 bits per heavy atom. The number of ether oxygens (including phenoxy) is 1. The van der Waals surface area contributed by atoms with E-state index >= 15 is 0 Å². The largest absolute Gasteiger partial charge is 0.492 e. The average molecular weight is 327 g/mol. The second kappa shape index (κ2) is 7.33. The van der Waals surface area contributed by atoms with E-state index in [1.807, 2.05) is 0 Å². The fourth-order valence-corrected chi connectivity index (χ4v) is 2.96. The van der Waals surface area contributed by atoms with Crippen molar-refractivity contribution in [1.82, 2.24) is 0 Å². The molecule has 0 amide bonds. The summed E-state index contributed by atoms with van der Waals surface area (Å²) in [4.78, 5) is 0. The van der Waals surface area contributed by atoms with Gasteiger partial charge in [-0.15, -0.1) is 0 Å². The second-order valence-electron chi connectivity index (χ2n) is 6.25. The molecule has 0 N–H and O–H groups in total. The molecule has 1 rings (SSSR count). The first kappa shape index (κ1) is 16.6. The molecule has 1 unspecified atom stereocenters. The van der Waals surface area contributed by atoms with Crippen LogP contribution in [0.5, 0.6) is 5.75 Å². The lowest BCUT2D eigenvalue weighted by atomic mass is 9.74. The Morgan fingerprint density at radius 3 is 2.32 bits per heavy atom. The molecule has 0 spiro atoms. The van der Waals surface area contributed by atoms with Gasteiger partial charge in [0.1, 0.15) is 5.75 Å². The third-order valence-corrected chi connectivity index (χ3v) is 4.06. The van der Waals surface area contributed by atoms with Crippen molar-refractivity contribution in [3.8, 4) is 5.75 Å². The second-order valence-corrected chi connectivity index (χ2v) is 7.10. The van der Waals surface area contributed by atoms with Crippen LogP contribution in [0.4, 0.5) is 0 Å². The Hall–Kier alpha value is -0.500. The lowest BCUT2D eigenvalue weighted by Crippen LogP contribution is -2.18. The molecule has 1 aromatic carbocycles. The Bertz CT molecular complexity index is 393. The molecule has 1 atom stereocenters. The minimum absolute atomic E-state index is 0.293. The standard InChI is InChI=1S/C17H27BrO/c1-6-8-14(17(3,4)5)13-9-10-16(15(18)12-13)19-11-7-2/h9-10,12,14H,6-8,11H2,1-5H3. The van der Waals surface area contributed by atoms with Crippen molar-refractivity contribution in [3.05, 3.63) is 28.2 Å². The van der Waals surface area contributed by atoms with Gasteiger partial charge in [0.15, 0.2) is 0 Å². The number of halogens is 1. The van der Waals surface area contributed by atoms with Gasteiger partial charge in [0.2, 0.25) is 0 Å².